The Bertz CT molecular complexity index is 714. The van der Waals surface area contributed by atoms with E-state index in [4.69, 9.17) is 0 Å². The number of amides is 1. The minimum Gasteiger partial charge on any atom is -0.342 e. The average Bonchev–Trinajstić information content (AvgIpc) is 3.02. The van der Waals surface area contributed by atoms with Gasteiger partial charge in [0.15, 0.2) is 0 Å². The SMILES string of the molecule is O=C(CC(F)(F)F)N1CCC[C@H](c2nccn2Cc2ccncc2)C1. The smallest absolute Gasteiger partial charge is 0.342 e. The number of carbonyl (C=O) groups excluding carboxylic acids is 1. The van der Waals surface area contributed by atoms with Gasteiger partial charge in [0.2, 0.25) is 5.91 Å². The Hall–Kier alpha value is -2.38. The fourth-order valence-electron chi connectivity index (χ4n) is 3.20. The number of hydrogen-bond acceptors (Lipinski definition) is 3. The summed E-state index contributed by atoms with van der Waals surface area (Å²) < 4.78 is 39.4. The van der Waals surface area contributed by atoms with Gasteiger partial charge in [-0.1, -0.05) is 0 Å². The second kappa shape index (κ2) is 7.25. The summed E-state index contributed by atoms with van der Waals surface area (Å²) in [6.45, 7) is 1.27. The first-order valence-corrected chi connectivity index (χ1v) is 8.17. The molecule has 0 spiro atoms. The molecule has 1 atom stereocenters. The summed E-state index contributed by atoms with van der Waals surface area (Å²) in [7, 11) is 0. The normalized spacial score (nSPS) is 18.4. The van der Waals surface area contributed by atoms with E-state index in [9.17, 15) is 18.0 Å². The third kappa shape index (κ3) is 4.58. The maximum Gasteiger partial charge on any atom is 0.397 e. The summed E-state index contributed by atoms with van der Waals surface area (Å²) >= 11 is 0. The highest BCUT2D eigenvalue weighted by Gasteiger charge is 2.35. The van der Waals surface area contributed by atoms with Crippen LogP contribution in [0.5, 0.6) is 0 Å². The lowest BCUT2D eigenvalue weighted by atomic mass is 9.96. The number of alkyl halides is 3. The van der Waals surface area contributed by atoms with E-state index in [2.05, 4.69) is 9.97 Å². The number of hydrogen-bond donors (Lipinski definition) is 0. The van der Waals surface area contributed by atoms with Crippen LogP contribution >= 0.6 is 0 Å². The number of pyridine rings is 1. The zero-order valence-corrected chi connectivity index (χ0v) is 13.6. The lowest BCUT2D eigenvalue weighted by molar-refractivity contribution is -0.162. The van der Waals surface area contributed by atoms with E-state index in [1.54, 1.807) is 18.6 Å². The number of piperidine rings is 1. The van der Waals surface area contributed by atoms with Gasteiger partial charge < -0.3 is 9.47 Å². The van der Waals surface area contributed by atoms with E-state index in [0.29, 0.717) is 19.5 Å². The standard InChI is InChI=1S/C17H19F3N4O/c18-17(19,20)10-15(25)23-8-1-2-14(12-23)16-22-7-9-24(16)11-13-3-5-21-6-4-13/h3-7,9,14H,1-2,8,10-12H2/t14-/m0/s1. The highest BCUT2D eigenvalue weighted by molar-refractivity contribution is 5.77. The van der Waals surface area contributed by atoms with E-state index < -0.39 is 18.5 Å². The Labute approximate surface area is 143 Å². The van der Waals surface area contributed by atoms with Crippen LogP contribution in [-0.4, -0.2) is 44.6 Å². The Morgan fingerprint density at radius 3 is 2.72 bits per heavy atom. The fraction of sp³-hybridized carbons (Fsp3) is 0.471. The highest BCUT2D eigenvalue weighted by Crippen LogP contribution is 2.28. The topological polar surface area (TPSA) is 51.0 Å². The summed E-state index contributed by atoms with van der Waals surface area (Å²) in [5.74, 6) is -0.103. The van der Waals surface area contributed by atoms with Gasteiger partial charge in [-0.25, -0.2) is 4.98 Å². The maximum atomic E-state index is 12.5. The van der Waals surface area contributed by atoms with Crippen LogP contribution in [0.15, 0.2) is 36.9 Å². The molecule has 1 saturated heterocycles. The predicted molar refractivity (Wildman–Crippen MR) is 84.8 cm³/mol. The summed E-state index contributed by atoms with van der Waals surface area (Å²) in [5.41, 5.74) is 1.06. The van der Waals surface area contributed by atoms with E-state index in [1.807, 2.05) is 22.9 Å². The first kappa shape index (κ1) is 17.4. The van der Waals surface area contributed by atoms with Crippen molar-refractivity contribution >= 4 is 5.91 Å². The number of aromatic nitrogens is 3. The maximum absolute atomic E-state index is 12.5. The van der Waals surface area contributed by atoms with Crippen LogP contribution in [0.3, 0.4) is 0 Å². The quantitative estimate of drug-likeness (QED) is 0.850. The van der Waals surface area contributed by atoms with Crippen molar-refractivity contribution in [2.75, 3.05) is 13.1 Å². The van der Waals surface area contributed by atoms with E-state index in [0.717, 1.165) is 17.8 Å². The average molecular weight is 352 g/mol. The van der Waals surface area contributed by atoms with Crippen molar-refractivity contribution in [1.29, 1.82) is 0 Å². The third-order valence-electron chi connectivity index (χ3n) is 4.34. The Morgan fingerprint density at radius 2 is 2.00 bits per heavy atom. The summed E-state index contributed by atoms with van der Waals surface area (Å²) in [5, 5.41) is 0. The first-order chi connectivity index (χ1) is 11.9. The van der Waals surface area contributed by atoms with Crippen molar-refractivity contribution in [2.45, 2.75) is 37.9 Å². The van der Waals surface area contributed by atoms with Crippen LogP contribution in [0, 0.1) is 0 Å². The molecule has 1 aliphatic heterocycles. The van der Waals surface area contributed by atoms with Crippen LogP contribution in [-0.2, 0) is 11.3 Å². The minimum atomic E-state index is -4.47. The number of rotatable bonds is 4. The predicted octanol–water partition coefficient (Wildman–Crippen LogP) is 2.98. The second-order valence-corrected chi connectivity index (χ2v) is 6.24. The van der Waals surface area contributed by atoms with E-state index in [1.165, 1.54) is 4.90 Å². The molecule has 0 unspecified atom stereocenters. The molecule has 134 valence electrons. The molecule has 0 saturated carbocycles. The molecule has 0 radical (unpaired) electrons. The molecular weight excluding hydrogens is 333 g/mol. The van der Waals surface area contributed by atoms with Crippen LogP contribution in [0.2, 0.25) is 0 Å². The number of nitrogens with zero attached hydrogens (tertiary/aromatic N) is 4. The van der Waals surface area contributed by atoms with Gasteiger partial charge in [-0.15, -0.1) is 0 Å². The van der Waals surface area contributed by atoms with Gasteiger partial charge in [-0.3, -0.25) is 9.78 Å². The Kier molecular flexibility index (Phi) is 5.06. The first-order valence-electron chi connectivity index (χ1n) is 8.17. The van der Waals surface area contributed by atoms with Gasteiger partial charge in [-0.2, -0.15) is 13.2 Å². The molecule has 2 aromatic rings. The van der Waals surface area contributed by atoms with Crippen LogP contribution in [0.4, 0.5) is 13.2 Å². The summed E-state index contributed by atoms with van der Waals surface area (Å²) in [4.78, 5) is 21.6. The van der Waals surface area contributed by atoms with Gasteiger partial charge >= 0.3 is 6.18 Å². The molecule has 0 aromatic carbocycles. The number of imidazole rings is 1. The van der Waals surface area contributed by atoms with Crippen molar-refractivity contribution in [1.82, 2.24) is 19.4 Å². The minimum absolute atomic E-state index is 0.0530. The van der Waals surface area contributed by atoms with E-state index >= 15 is 0 Å². The summed E-state index contributed by atoms with van der Waals surface area (Å²) in [6, 6.07) is 3.81. The molecule has 1 aliphatic rings. The Balaban J connectivity index is 1.70. The molecule has 3 rings (SSSR count). The molecular formula is C17H19F3N4O. The van der Waals surface area contributed by atoms with Gasteiger partial charge in [0, 0.05) is 50.3 Å². The molecule has 8 heteroatoms. The number of halogens is 3. The lowest BCUT2D eigenvalue weighted by Gasteiger charge is -2.33. The third-order valence-corrected chi connectivity index (χ3v) is 4.34. The lowest BCUT2D eigenvalue weighted by Crippen LogP contribution is -2.41. The Morgan fingerprint density at radius 1 is 1.24 bits per heavy atom. The van der Waals surface area contributed by atoms with Gasteiger partial charge in [0.1, 0.15) is 12.2 Å². The molecule has 5 nitrogen and oxygen atoms in total. The zero-order chi connectivity index (χ0) is 17.9. The summed E-state index contributed by atoms with van der Waals surface area (Å²) in [6.07, 6.45) is 2.59. The molecule has 1 fully saturated rings. The van der Waals surface area contributed by atoms with Crippen LogP contribution in [0.1, 0.15) is 36.6 Å². The van der Waals surface area contributed by atoms with Crippen molar-refractivity contribution in [3.63, 3.8) is 0 Å². The highest BCUT2D eigenvalue weighted by atomic mass is 19.4. The second-order valence-electron chi connectivity index (χ2n) is 6.24. The molecule has 0 bridgehead atoms. The van der Waals surface area contributed by atoms with Crippen molar-refractivity contribution in [2.24, 2.45) is 0 Å². The largest absolute Gasteiger partial charge is 0.397 e. The van der Waals surface area contributed by atoms with Crippen LogP contribution in [0.25, 0.3) is 0 Å². The van der Waals surface area contributed by atoms with E-state index in [-0.39, 0.29) is 12.5 Å². The van der Waals surface area contributed by atoms with Crippen molar-refractivity contribution in [3.05, 3.63) is 48.3 Å². The molecule has 0 N–H and O–H groups in total. The zero-order valence-electron chi connectivity index (χ0n) is 13.6. The molecule has 0 aliphatic carbocycles. The van der Waals surface area contributed by atoms with Gasteiger partial charge in [0.25, 0.3) is 0 Å². The van der Waals surface area contributed by atoms with Gasteiger partial charge in [-0.05, 0) is 30.5 Å². The van der Waals surface area contributed by atoms with Gasteiger partial charge in [0.05, 0.1) is 0 Å². The van der Waals surface area contributed by atoms with Crippen LogP contribution < -0.4 is 0 Å². The van der Waals surface area contributed by atoms with Crippen molar-refractivity contribution < 1.29 is 18.0 Å². The molecule has 25 heavy (non-hydrogen) atoms. The fourth-order valence-corrected chi connectivity index (χ4v) is 3.20. The van der Waals surface area contributed by atoms with Crippen molar-refractivity contribution in [3.8, 4) is 0 Å². The monoisotopic (exact) mass is 352 g/mol. The molecule has 3 heterocycles. The molecule has 2 aromatic heterocycles. The number of likely N-dealkylation sites (tertiary alicyclic amines) is 1. The number of carbonyl (C=O) groups is 1. The molecule has 1 amide bonds.